The van der Waals surface area contributed by atoms with Gasteiger partial charge in [0.1, 0.15) is 11.3 Å². The molecule has 1 heterocycles. The van der Waals surface area contributed by atoms with Gasteiger partial charge in [0.05, 0.1) is 12.8 Å². The predicted molar refractivity (Wildman–Crippen MR) is 73.4 cm³/mol. The van der Waals surface area contributed by atoms with E-state index in [0.717, 1.165) is 0 Å². The minimum atomic E-state index is -1.09. The second-order valence-electron chi connectivity index (χ2n) is 4.19. The fraction of sp³-hybridized carbons (Fsp3) is 0.143. The number of hydrogen-bond donors (Lipinski definition) is 3. The van der Waals surface area contributed by atoms with Gasteiger partial charge in [-0.25, -0.2) is 4.79 Å². The summed E-state index contributed by atoms with van der Waals surface area (Å²) < 4.78 is 5.04. The van der Waals surface area contributed by atoms with Crippen LogP contribution in [0, 0.1) is 6.92 Å². The van der Waals surface area contributed by atoms with Crippen molar-refractivity contribution in [3.05, 3.63) is 47.3 Å². The van der Waals surface area contributed by atoms with Gasteiger partial charge in [0.2, 0.25) is 0 Å². The number of anilines is 1. The number of aromatic nitrogens is 1. The molecule has 6 nitrogen and oxygen atoms in total. The maximum absolute atomic E-state index is 12.1. The van der Waals surface area contributed by atoms with Gasteiger partial charge >= 0.3 is 5.97 Å². The highest BCUT2D eigenvalue weighted by molar-refractivity contribution is 6.08. The van der Waals surface area contributed by atoms with Gasteiger partial charge in [-0.2, -0.15) is 0 Å². The number of hydrogen-bond acceptors (Lipinski definition) is 3. The molecule has 0 bridgehead atoms. The number of carboxylic acids is 1. The molecule has 0 fully saturated rings. The lowest BCUT2D eigenvalue weighted by Gasteiger charge is -2.06. The second-order valence-corrected chi connectivity index (χ2v) is 4.19. The molecule has 1 amide bonds. The molecule has 2 rings (SSSR count). The normalized spacial score (nSPS) is 10.1. The summed E-state index contributed by atoms with van der Waals surface area (Å²) in [6.45, 7) is 1.63. The Labute approximate surface area is 115 Å². The van der Waals surface area contributed by atoms with Crippen molar-refractivity contribution < 1.29 is 19.4 Å². The highest BCUT2D eigenvalue weighted by Crippen LogP contribution is 2.20. The lowest BCUT2D eigenvalue weighted by molar-refractivity contribution is 0.0697. The second kappa shape index (κ2) is 5.48. The van der Waals surface area contributed by atoms with Crippen LogP contribution in [-0.2, 0) is 0 Å². The highest BCUT2D eigenvalue weighted by Gasteiger charge is 2.17. The van der Waals surface area contributed by atoms with Gasteiger partial charge in [-0.15, -0.1) is 0 Å². The van der Waals surface area contributed by atoms with Crippen molar-refractivity contribution in [3.63, 3.8) is 0 Å². The zero-order valence-corrected chi connectivity index (χ0v) is 11.1. The number of carboxylic acid groups (broad SMARTS) is 1. The van der Waals surface area contributed by atoms with Gasteiger partial charge < -0.3 is 20.1 Å². The maximum atomic E-state index is 12.1. The van der Waals surface area contributed by atoms with Crippen LogP contribution in [0.25, 0.3) is 0 Å². The van der Waals surface area contributed by atoms with Crippen LogP contribution in [0.2, 0.25) is 0 Å². The number of amides is 1. The van der Waals surface area contributed by atoms with Crippen LogP contribution in [0.5, 0.6) is 5.75 Å². The Bertz CT molecular complexity index is 661. The van der Waals surface area contributed by atoms with E-state index in [1.807, 2.05) is 0 Å². The lowest BCUT2D eigenvalue weighted by Crippen LogP contribution is -2.14. The molecular weight excluding hydrogens is 260 g/mol. The fourth-order valence-electron chi connectivity index (χ4n) is 1.86. The number of rotatable bonds is 4. The van der Waals surface area contributed by atoms with Gasteiger partial charge in [0.25, 0.3) is 5.91 Å². The zero-order valence-electron chi connectivity index (χ0n) is 11.1. The fourth-order valence-corrected chi connectivity index (χ4v) is 1.86. The van der Waals surface area contributed by atoms with Crippen molar-refractivity contribution in [1.29, 1.82) is 0 Å². The van der Waals surface area contributed by atoms with E-state index < -0.39 is 11.9 Å². The first kappa shape index (κ1) is 13.7. The molecule has 0 unspecified atom stereocenters. The monoisotopic (exact) mass is 274 g/mol. The topological polar surface area (TPSA) is 91.4 Å². The van der Waals surface area contributed by atoms with E-state index in [-0.39, 0.29) is 11.3 Å². The molecule has 1 aromatic heterocycles. The summed E-state index contributed by atoms with van der Waals surface area (Å²) in [6.07, 6.45) is 1.46. The van der Waals surface area contributed by atoms with Crippen LogP contribution in [-0.4, -0.2) is 29.1 Å². The van der Waals surface area contributed by atoms with Crippen molar-refractivity contribution in [2.45, 2.75) is 6.92 Å². The number of methoxy groups -OCH3 is 1. The number of carbonyl (C=O) groups is 2. The molecule has 3 N–H and O–H groups in total. The molecule has 0 aliphatic carbocycles. The van der Waals surface area contributed by atoms with Crippen molar-refractivity contribution in [3.8, 4) is 5.75 Å². The van der Waals surface area contributed by atoms with Gasteiger partial charge in [-0.3, -0.25) is 4.79 Å². The van der Waals surface area contributed by atoms with Gasteiger partial charge in [-0.05, 0) is 25.1 Å². The average molecular weight is 274 g/mol. The number of aromatic amines is 1. The summed E-state index contributed by atoms with van der Waals surface area (Å²) in [4.78, 5) is 26.0. The zero-order chi connectivity index (χ0) is 14.7. The Kier molecular flexibility index (Phi) is 3.74. The number of nitrogens with one attached hydrogen (secondary N) is 2. The summed E-state index contributed by atoms with van der Waals surface area (Å²) in [7, 11) is 1.51. The quantitative estimate of drug-likeness (QED) is 0.797. The molecule has 0 spiro atoms. The van der Waals surface area contributed by atoms with Crippen LogP contribution >= 0.6 is 0 Å². The Morgan fingerprint density at radius 3 is 2.75 bits per heavy atom. The van der Waals surface area contributed by atoms with Gasteiger partial charge in [0, 0.05) is 17.5 Å². The first-order valence-corrected chi connectivity index (χ1v) is 5.89. The number of ether oxygens (including phenoxy) is 1. The number of H-pyrrole nitrogens is 1. The number of carbonyl (C=O) groups excluding carboxylic acids is 1. The third kappa shape index (κ3) is 2.64. The Morgan fingerprint density at radius 2 is 2.10 bits per heavy atom. The molecule has 0 atom stereocenters. The lowest BCUT2D eigenvalue weighted by atomic mass is 10.2. The van der Waals surface area contributed by atoms with Crippen molar-refractivity contribution in [2.24, 2.45) is 0 Å². The maximum Gasteiger partial charge on any atom is 0.339 e. The summed E-state index contributed by atoms with van der Waals surface area (Å²) in [5.41, 5.74) is 1.17. The number of aryl methyl sites for hydroxylation is 1. The van der Waals surface area contributed by atoms with Gasteiger partial charge in [-0.1, -0.05) is 6.07 Å². The molecule has 20 heavy (non-hydrogen) atoms. The summed E-state index contributed by atoms with van der Waals surface area (Å²) in [6, 6.07) is 6.61. The van der Waals surface area contributed by atoms with Crippen LogP contribution in [0.3, 0.4) is 0 Å². The first-order chi connectivity index (χ1) is 9.52. The van der Waals surface area contributed by atoms with Crippen molar-refractivity contribution in [2.75, 3.05) is 12.4 Å². The van der Waals surface area contributed by atoms with Crippen molar-refractivity contribution in [1.82, 2.24) is 4.98 Å². The minimum absolute atomic E-state index is 0.0567. The molecule has 0 aliphatic rings. The molecule has 0 saturated heterocycles. The molecule has 6 heteroatoms. The van der Waals surface area contributed by atoms with E-state index in [9.17, 15) is 9.59 Å². The molecular formula is C14H14N2O4. The van der Waals surface area contributed by atoms with Gasteiger partial charge in [0.15, 0.2) is 0 Å². The molecule has 2 aromatic rings. The van der Waals surface area contributed by atoms with E-state index in [1.165, 1.54) is 13.3 Å². The minimum Gasteiger partial charge on any atom is -0.497 e. The van der Waals surface area contributed by atoms with Crippen molar-refractivity contribution >= 4 is 17.6 Å². The van der Waals surface area contributed by atoms with Crippen LogP contribution in [0.15, 0.2) is 30.5 Å². The number of benzene rings is 1. The SMILES string of the molecule is COc1cccc(C(=O)Nc2c[nH]c(C)c2C(=O)O)c1. The standard InChI is InChI=1S/C14H14N2O4/c1-8-12(14(18)19)11(7-15-8)16-13(17)9-4-3-5-10(6-9)20-2/h3-7,15H,1-2H3,(H,16,17)(H,18,19). The van der Waals surface area contributed by atoms with E-state index in [0.29, 0.717) is 17.0 Å². The van der Waals surface area contributed by atoms with Crippen LogP contribution in [0.1, 0.15) is 26.4 Å². The molecule has 0 saturated carbocycles. The summed E-state index contributed by atoms with van der Waals surface area (Å²) in [5.74, 6) is -0.934. The highest BCUT2D eigenvalue weighted by atomic mass is 16.5. The molecule has 0 radical (unpaired) electrons. The summed E-state index contributed by atoms with van der Waals surface area (Å²) in [5, 5.41) is 11.7. The van der Waals surface area contributed by atoms with Crippen LogP contribution < -0.4 is 10.1 Å². The predicted octanol–water partition coefficient (Wildman–Crippen LogP) is 2.28. The van der Waals surface area contributed by atoms with Crippen LogP contribution in [0.4, 0.5) is 5.69 Å². The first-order valence-electron chi connectivity index (χ1n) is 5.89. The molecule has 1 aromatic carbocycles. The third-order valence-electron chi connectivity index (χ3n) is 2.87. The summed E-state index contributed by atoms with van der Waals surface area (Å²) >= 11 is 0. The van der Waals surface area contributed by atoms with E-state index >= 15 is 0 Å². The smallest absolute Gasteiger partial charge is 0.339 e. The largest absolute Gasteiger partial charge is 0.497 e. The Morgan fingerprint density at radius 1 is 1.35 bits per heavy atom. The van der Waals surface area contributed by atoms with E-state index in [2.05, 4.69) is 10.3 Å². The Balaban J connectivity index is 2.26. The number of aromatic carboxylic acids is 1. The molecule has 0 aliphatic heterocycles. The van der Waals surface area contributed by atoms with E-state index in [1.54, 1.807) is 31.2 Å². The molecule has 104 valence electrons. The van der Waals surface area contributed by atoms with E-state index in [4.69, 9.17) is 9.84 Å². The average Bonchev–Trinajstić information content (AvgIpc) is 2.79. The Hall–Kier alpha value is -2.76. The third-order valence-corrected chi connectivity index (χ3v) is 2.87.